The van der Waals surface area contributed by atoms with E-state index in [0.717, 1.165) is 25.3 Å². The molecule has 2 nitrogen and oxygen atoms in total. The van der Waals surface area contributed by atoms with Crippen molar-refractivity contribution < 1.29 is 4.74 Å². The third-order valence-electron chi connectivity index (χ3n) is 3.92. The fourth-order valence-corrected chi connectivity index (χ4v) is 2.67. The summed E-state index contributed by atoms with van der Waals surface area (Å²) in [6, 6.07) is 29.2. The molecular weight excluding hydrogens is 294 g/mol. The van der Waals surface area contributed by atoms with E-state index in [1.807, 2.05) is 18.2 Å². The molecule has 24 heavy (non-hydrogen) atoms. The summed E-state index contributed by atoms with van der Waals surface area (Å²) < 4.78 is 5.98. The molecule has 0 aromatic heterocycles. The van der Waals surface area contributed by atoms with Crippen molar-refractivity contribution in [2.24, 2.45) is 0 Å². The molecule has 0 bridgehead atoms. The van der Waals surface area contributed by atoms with E-state index >= 15 is 0 Å². The van der Waals surface area contributed by atoms with Gasteiger partial charge in [0.15, 0.2) is 0 Å². The number of para-hydroxylation sites is 1. The van der Waals surface area contributed by atoms with Crippen LogP contribution in [0.1, 0.15) is 16.7 Å². The van der Waals surface area contributed by atoms with Crippen molar-refractivity contribution in [1.82, 2.24) is 5.32 Å². The van der Waals surface area contributed by atoms with Crippen LogP contribution in [0.2, 0.25) is 0 Å². The molecule has 0 spiro atoms. The van der Waals surface area contributed by atoms with Gasteiger partial charge < -0.3 is 10.1 Å². The lowest BCUT2D eigenvalue weighted by atomic mass is 10.0. The molecular formula is C22H23NO. The molecule has 0 atom stereocenters. The maximum absolute atomic E-state index is 5.98. The van der Waals surface area contributed by atoms with Crippen LogP contribution < -0.4 is 10.1 Å². The summed E-state index contributed by atoms with van der Waals surface area (Å²) in [6.07, 6.45) is 0.897. The zero-order valence-corrected chi connectivity index (χ0v) is 13.8. The van der Waals surface area contributed by atoms with Crippen LogP contribution >= 0.6 is 0 Å². The first-order valence-electron chi connectivity index (χ1n) is 8.41. The van der Waals surface area contributed by atoms with Gasteiger partial charge in [-0.15, -0.1) is 0 Å². The topological polar surface area (TPSA) is 21.3 Å². The highest BCUT2D eigenvalue weighted by Crippen LogP contribution is 2.21. The third-order valence-corrected chi connectivity index (χ3v) is 3.92. The maximum Gasteiger partial charge on any atom is 0.122 e. The molecule has 0 unspecified atom stereocenters. The van der Waals surface area contributed by atoms with Gasteiger partial charge >= 0.3 is 0 Å². The van der Waals surface area contributed by atoms with Crippen LogP contribution in [0.25, 0.3) is 0 Å². The first-order valence-corrected chi connectivity index (χ1v) is 8.41. The molecule has 0 heterocycles. The molecule has 1 N–H and O–H groups in total. The molecule has 2 heteroatoms. The van der Waals surface area contributed by atoms with E-state index < -0.39 is 0 Å². The number of nitrogens with one attached hydrogen (secondary N) is 1. The lowest BCUT2D eigenvalue weighted by molar-refractivity contribution is 0.311. The zero-order chi connectivity index (χ0) is 16.5. The molecule has 0 saturated carbocycles. The van der Waals surface area contributed by atoms with Crippen LogP contribution in [0.4, 0.5) is 0 Å². The van der Waals surface area contributed by atoms with Crippen molar-refractivity contribution in [1.29, 1.82) is 0 Å². The van der Waals surface area contributed by atoms with Crippen molar-refractivity contribution >= 4 is 0 Å². The van der Waals surface area contributed by atoms with Gasteiger partial charge in [-0.1, -0.05) is 78.9 Å². The van der Waals surface area contributed by atoms with E-state index in [4.69, 9.17) is 4.74 Å². The van der Waals surface area contributed by atoms with Gasteiger partial charge in [0.2, 0.25) is 0 Å². The lowest BCUT2D eigenvalue weighted by Crippen LogP contribution is -2.20. The smallest absolute Gasteiger partial charge is 0.122 e. The second kappa shape index (κ2) is 8.90. The zero-order valence-electron chi connectivity index (χ0n) is 13.8. The molecule has 0 aliphatic carbocycles. The Kier molecular flexibility index (Phi) is 6.04. The standard InChI is InChI=1S/C22H23NO/c1-3-9-19(10-4-1)17-21-13-7-8-14-22(21)24-16-15-23-18-20-11-5-2-6-12-20/h1-14,23H,15-18H2. The Balaban J connectivity index is 1.48. The summed E-state index contributed by atoms with van der Waals surface area (Å²) in [5.41, 5.74) is 3.82. The van der Waals surface area contributed by atoms with E-state index in [-0.39, 0.29) is 0 Å². The van der Waals surface area contributed by atoms with Gasteiger partial charge in [0, 0.05) is 19.5 Å². The highest BCUT2D eigenvalue weighted by molar-refractivity contribution is 5.37. The largest absolute Gasteiger partial charge is 0.492 e. The van der Waals surface area contributed by atoms with Crippen LogP contribution in [0.15, 0.2) is 84.9 Å². The van der Waals surface area contributed by atoms with Crippen LogP contribution in [0, 0.1) is 0 Å². The third kappa shape index (κ3) is 4.97. The summed E-state index contributed by atoms with van der Waals surface area (Å²) in [5.74, 6) is 0.975. The summed E-state index contributed by atoms with van der Waals surface area (Å²) in [5, 5.41) is 3.42. The first kappa shape index (κ1) is 16.3. The molecule has 0 amide bonds. The highest BCUT2D eigenvalue weighted by Gasteiger charge is 2.04. The van der Waals surface area contributed by atoms with Crippen molar-refractivity contribution in [2.75, 3.05) is 13.2 Å². The number of hydrogen-bond acceptors (Lipinski definition) is 2. The van der Waals surface area contributed by atoms with Gasteiger partial charge in [-0.3, -0.25) is 0 Å². The van der Waals surface area contributed by atoms with Crippen LogP contribution in [0.3, 0.4) is 0 Å². The minimum atomic E-state index is 0.665. The molecule has 0 radical (unpaired) electrons. The molecule has 0 aliphatic rings. The van der Waals surface area contributed by atoms with Crippen molar-refractivity contribution in [3.05, 3.63) is 102 Å². The number of benzene rings is 3. The van der Waals surface area contributed by atoms with Crippen LogP contribution in [-0.4, -0.2) is 13.2 Å². The second-order valence-corrected chi connectivity index (χ2v) is 5.78. The van der Waals surface area contributed by atoms with Crippen molar-refractivity contribution in [2.45, 2.75) is 13.0 Å². The SMILES string of the molecule is c1ccc(CNCCOc2ccccc2Cc2ccccc2)cc1. The molecule has 122 valence electrons. The second-order valence-electron chi connectivity index (χ2n) is 5.78. The molecule has 3 rings (SSSR count). The van der Waals surface area contributed by atoms with E-state index in [1.54, 1.807) is 0 Å². The summed E-state index contributed by atoms with van der Waals surface area (Å²) >= 11 is 0. The van der Waals surface area contributed by atoms with E-state index in [9.17, 15) is 0 Å². The predicted octanol–water partition coefficient (Wildman–Crippen LogP) is 4.45. The Bertz CT molecular complexity index is 725. The summed E-state index contributed by atoms with van der Waals surface area (Å²) in [6.45, 7) is 2.36. The Hall–Kier alpha value is -2.58. The predicted molar refractivity (Wildman–Crippen MR) is 99.3 cm³/mol. The normalized spacial score (nSPS) is 10.5. The van der Waals surface area contributed by atoms with Crippen molar-refractivity contribution in [3.63, 3.8) is 0 Å². The number of rotatable bonds is 8. The quantitative estimate of drug-likeness (QED) is 0.620. The average molecular weight is 317 g/mol. The summed E-state index contributed by atoms with van der Waals surface area (Å²) in [4.78, 5) is 0. The van der Waals surface area contributed by atoms with E-state index in [0.29, 0.717) is 6.61 Å². The molecule has 3 aromatic rings. The van der Waals surface area contributed by atoms with Crippen LogP contribution in [-0.2, 0) is 13.0 Å². The van der Waals surface area contributed by atoms with E-state index in [2.05, 4.69) is 72.0 Å². The van der Waals surface area contributed by atoms with Gasteiger partial charge in [0.1, 0.15) is 12.4 Å². The highest BCUT2D eigenvalue weighted by atomic mass is 16.5. The average Bonchev–Trinajstić information content (AvgIpc) is 2.64. The first-order chi connectivity index (χ1) is 11.9. The van der Waals surface area contributed by atoms with Gasteiger partial charge in [-0.2, -0.15) is 0 Å². The molecule has 0 aliphatic heterocycles. The Morgan fingerprint density at radius 3 is 2.04 bits per heavy atom. The van der Waals surface area contributed by atoms with Gasteiger partial charge in [0.25, 0.3) is 0 Å². The fraction of sp³-hybridized carbons (Fsp3) is 0.182. The minimum Gasteiger partial charge on any atom is -0.492 e. The molecule has 0 fully saturated rings. The Labute approximate surface area is 144 Å². The number of ether oxygens (including phenoxy) is 1. The van der Waals surface area contributed by atoms with Gasteiger partial charge in [-0.05, 0) is 22.8 Å². The minimum absolute atomic E-state index is 0.665. The molecule has 0 saturated heterocycles. The Morgan fingerprint density at radius 2 is 1.29 bits per heavy atom. The van der Waals surface area contributed by atoms with Crippen LogP contribution in [0.5, 0.6) is 5.75 Å². The summed E-state index contributed by atoms with van der Waals surface area (Å²) in [7, 11) is 0. The molecule has 3 aromatic carbocycles. The monoisotopic (exact) mass is 317 g/mol. The van der Waals surface area contributed by atoms with E-state index in [1.165, 1.54) is 16.7 Å². The lowest BCUT2D eigenvalue weighted by Gasteiger charge is -2.12. The Morgan fingerprint density at radius 1 is 0.667 bits per heavy atom. The maximum atomic E-state index is 5.98. The fourth-order valence-electron chi connectivity index (χ4n) is 2.67. The van der Waals surface area contributed by atoms with Gasteiger partial charge in [0.05, 0.1) is 0 Å². The van der Waals surface area contributed by atoms with Crippen molar-refractivity contribution in [3.8, 4) is 5.75 Å². The van der Waals surface area contributed by atoms with Gasteiger partial charge in [-0.25, -0.2) is 0 Å². The number of hydrogen-bond donors (Lipinski definition) is 1.